The number of rotatable bonds is 1. The Kier molecular flexibility index (Phi) is 3.46. The molecule has 1 aliphatic heterocycles. The summed E-state index contributed by atoms with van der Waals surface area (Å²) >= 11 is 0. The van der Waals surface area contributed by atoms with E-state index in [1.807, 2.05) is 4.90 Å². The molecule has 12 heavy (non-hydrogen) atoms. The Morgan fingerprint density at radius 2 is 2.17 bits per heavy atom. The molecule has 0 saturated carbocycles. The summed E-state index contributed by atoms with van der Waals surface area (Å²) < 4.78 is 0. The van der Waals surface area contributed by atoms with Gasteiger partial charge in [-0.25, -0.2) is 4.79 Å². The molecule has 1 rings (SSSR count). The minimum absolute atomic E-state index is 0.0234. The lowest BCUT2D eigenvalue weighted by Crippen LogP contribution is -2.38. The van der Waals surface area contributed by atoms with Gasteiger partial charge in [-0.05, 0) is 19.8 Å². The van der Waals surface area contributed by atoms with Crippen molar-refractivity contribution in [2.45, 2.75) is 19.8 Å². The first-order chi connectivity index (χ1) is 5.84. The molecule has 0 radical (unpaired) electrons. The highest BCUT2D eigenvalue weighted by Crippen LogP contribution is 2.06. The van der Waals surface area contributed by atoms with Crippen LogP contribution in [0.2, 0.25) is 0 Å². The lowest BCUT2D eigenvalue weighted by atomic mass is 10.4. The van der Waals surface area contributed by atoms with Crippen molar-refractivity contribution < 1.29 is 4.79 Å². The summed E-state index contributed by atoms with van der Waals surface area (Å²) in [5.41, 5.74) is 0. The molecule has 1 N–H and O–H groups in total. The van der Waals surface area contributed by atoms with Gasteiger partial charge in [-0.15, -0.1) is 5.92 Å². The zero-order valence-corrected chi connectivity index (χ0v) is 7.39. The largest absolute Gasteiger partial charge is 0.327 e. The zero-order chi connectivity index (χ0) is 8.81. The highest BCUT2D eigenvalue weighted by Gasteiger charge is 2.16. The molecule has 0 aromatic heterocycles. The monoisotopic (exact) mass is 166 g/mol. The summed E-state index contributed by atoms with van der Waals surface area (Å²) in [6.07, 6.45) is 2.26. The van der Waals surface area contributed by atoms with Gasteiger partial charge in [0.15, 0.2) is 0 Å². The number of nitrogens with zero attached hydrogens (tertiary/aromatic N) is 1. The molecule has 2 amide bonds. The standard InChI is InChI=1S/C9H14N2O/c1-2-3-6-10-9(12)11-7-4-5-8-11/h4-8H2,1H3,(H,10,12). The van der Waals surface area contributed by atoms with Crippen LogP contribution in [0, 0.1) is 11.8 Å². The van der Waals surface area contributed by atoms with Crippen molar-refractivity contribution in [1.29, 1.82) is 0 Å². The minimum atomic E-state index is 0.0234. The Bertz CT molecular complexity index is 208. The number of hydrogen-bond donors (Lipinski definition) is 1. The van der Waals surface area contributed by atoms with Gasteiger partial charge >= 0.3 is 6.03 Å². The van der Waals surface area contributed by atoms with Gasteiger partial charge < -0.3 is 10.2 Å². The van der Waals surface area contributed by atoms with E-state index in [1.54, 1.807) is 6.92 Å². The van der Waals surface area contributed by atoms with Gasteiger partial charge in [-0.1, -0.05) is 5.92 Å². The SMILES string of the molecule is CC#CCNC(=O)N1CCCC1. The van der Waals surface area contributed by atoms with Crippen molar-refractivity contribution in [3.8, 4) is 11.8 Å². The average molecular weight is 166 g/mol. The Hall–Kier alpha value is -1.17. The van der Waals surface area contributed by atoms with Gasteiger partial charge in [-0.2, -0.15) is 0 Å². The van der Waals surface area contributed by atoms with Crippen molar-refractivity contribution in [3.63, 3.8) is 0 Å². The lowest BCUT2D eigenvalue weighted by molar-refractivity contribution is 0.210. The van der Waals surface area contributed by atoms with Gasteiger partial charge in [-0.3, -0.25) is 0 Å². The molecular weight excluding hydrogens is 152 g/mol. The van der Waals surface area contributed by atoms with Crippen LogP contribution in [0.5, 0.6) is 0 Å². The number of nitrogens with one attached hydrogen (secondary N) is 1. The number of carbonyl (C=O) groups excluding carboxylic acids is 1. The van der Waals surface area contributed by atoms with Crippen LogP contribution in [0.25, 0.3) is 0 Å². The Balaban J connectivity index is 2.21. The molecule has 0 atom stereocenters. The van der Waals surface area contributed by atoms with Crippen LogP contribution in [0.15, 0.2) is 0 Å². The van der Waals surface area contributed by atoms with Crippen LogP contribution >= 0.6 is 0 Å². The van der Waals surface area contributed by atoms with Crippen LogP contribution in [-0.4, -0.2) is 30.6 Å². The normalized spacial score (nSPS) is 15.2. The summed E-state index contributed by atoms with van der Waals surface area (Å²) in [5, 5.41) is 2.74. The fourth-order valence-electron chi connectivity index (χ4n) is 1.24. The molecule has 1 fully saturated rings. The van der Waals surface area contributed by atoms with E-state index in [1.165, 1.54) is 0 Å². The topological polar surface area (TPSA) is 32.3 Å². The summed E-state index contributed by atoms with van der Waals surface area (Å²) in [5.74, 6) is 5.52. The second-order valence-corrected chi connectivity index (χ2v) is 2.78. The van der Waals surface area contributed by atoms with Crippen molar-refractivity contribution in [2.24, 2.45) is 0 Å². The van der Waals surface area contributed by atoms with E-state index in [0.29, 0.717) is 6.54 Å². The van der Waals surface area contributed by atoms with Gasteiger partial charge in [0.1, 0.15) is 0 Å². The van der Waals surface area contributed by atoms with Gasteiger partial charge in [0.05, 0.1) is 6.54 Å². The lowest BCUT2D eigenvalue weighted by Gasteiger charge is -2.14. The predicted molar refractivity (Wildman–Crippen MR) is 47.7 cm³/mol. The predicted octanol–water partition coefficient (Wildman–Crippen LogP) is 0.815. The first-order valence-corrected chi connectivity index (χ1v) is 4.27. The van der Waals surface area contributed by atoms with Crippen molar-refractivity contribution in [3.05, 3.63) is 0 Å². The van der Waals surface area contributed by atoms with Crippen LogP contribution in [0.4, 0.5) is 4.79 Å². The quantitative estimate of drug-likeness (QED) is 0.574. The molecule has 0 unspecified atom stereocenters. The molecular formula is C9H14N2O. The van der Waals surface area contributed by atoms with Crippen LogP contribution in [0.1, 0.15) is 19.8 Å². The number of hydrogen-bond acceptors (Lipinski definition) is 1. The first kappa shape index (κ1) is 8.92. The number of likely N-dealkylation sites (tertiary alicyclic amines) is 1. The second-order valence-electron chi connectivity index (χ2n) is 2.78. The highest BCUT2D eigenvalue weighted by molar-refractivity contribution is 5.74. The summed E-state index contributed by atoms with van der Waals surface area (Å²) in [6, 6.07) is 0.0234. The van der Waals surface area contributed by atoms with E-state index in [-0.39, 0.29) is 6.03 Å². The minimum Gasteiger partial charge on any atom is -0.327 e. The van der Waals surface area contributed by atoms with Gasteiger partial charge in [0, 0.05) is 13.1 Å². The third-order valence-corrected chi connectivity index (χ3v) is 1.90. The maximum absolute atomic E-state index is 11.3. The molecule has 66 valence electrons. The maximum Gasteiger partial charge on any atom is 0.318 e. The number of amides is 2. The number of carbonyl (C=O) groups is 1. The van der Waals surface area contributed by atoms with E-state index in [9.17, 15) is 4.79 Å². The molecule has 3 nitrogen and oxygen atoms in total. The molecule has 0 aromatic carbocycles. The molecule has 0 spiro atoms. The molecule has 1 aliphatic rings. The fourth-order valence-corrected chi connectivity index (χ4v) is 1.24. The summed E-state index contributed by atoms with van der Waals surface area (Å²) in [7, 11) is 0. The fraction of sp³-hybridized carbons (Fsp3) is 0.667. The Labute approximate surface area is 73.1 Å². The average Bonchev–Trinajstić information content (AvgIpc) is 2.56. The van der Waals surface area contributed by atoms with Crippen molar-refractivity contribution in [2.75, 3.05) is 19.6 Å². The molecule has 3 heteroatoms. The van der Waals surface area contributed by atoms with E-state index in [0.717, 1.165) is 25.9 Å². The third-order valence-electron chi connectivity index (χ3n) is 1.90. The van der Waals surface area contributed by atoms with Crippen molar-refractivity contribution in [1.82, 2.24) is 10.2 Å². The molecule has 1 saturated heterocycles. The molecule has 0 bridgehead atoms. The van der Waals surface area contributed by atoms with Crippen LogP contribution in [0.3, 0.4) is 0 Å². The zero-order valence-electron chi connectivity index (χ0n) is 7.39. The Morgan fingerprint density at radius 3 is 2.75 bits per heavy atom. The third kappa shape index (κ3) is 2.46. The van der Waals surface area contributed by atoms with Crippen LogP contribution < -0.4 is 5.32 Å². The van der Waals surface area contributed by atoms with E-state index >= 15 is 0 Å². The maximum atomic E-state index is 11.3. The first-order valence-electron chi connectivity index (χ1n) is 4.27. The molecule has 1 heterocycles. The molecule has 0 aromatic rings. The van der Waals surface area contributed by atoms with E-state index in [2.05, 4.69) is 17.2 Å². The number of urea groups is 1. The Morgan fingerprint density at radius 1 is 1.50 bits per heavy atom. The van der Waals surface area contributed by atoms with Gasteiger partial charge in [0.2, 0.25) is 0 Å². The summed E-state index contributed by atoms with van der Waals surface area (Å²) in [4.78, 5) is 13.1. The smallest absolute Gasteiger partial charge is 0.318 e. The summed E-state index contributed by atoms with van der Waals surface area (Å²) in [6.45, 7) is 4.02. The van der Waals surface area contributed by atoms with Crippen molar-refractivity contribution >= 4 is 6.03 Å². The highest BCUT2D eigenvalue weighted by atomic mass is 16.2. The van der Waals surface area contributed by atoms with Gasteiger partial charge in [0.25, 0.3) is 0 Å². The van der Waals surface area contributed by atoms with Crippen LogP contribution in [-0.2, 0) is 0 Å². The van der Waals surface area contributed by atoms with E-state index in [4.69, 9.17) is 0 Å². The van der Waals surface area contributed by atoms with E-state index < -0.39 is 0 Å². The second kappa shape index (κ2) is 4.66. The molecule has 0 aliphatic carbocycles.